The molecular formula is C22H34N2O3. The van der Waals surface area contributed by atoms with Crippen LogP contribution in [-0.2, 0) is 4.79 Å². The van der Waals surface area contributed by atoms with Crippen molar-refractivity contribution in [1.29, 1.82) is 0 Å². The first kappa shape index (κ1) is 21.3. The van der Waals surface area contributed by atoms with E-state index in [0.29, 0.717) is 30.0 Å². The summed E-state index contributed by atoms with van der Waals surface area (Å²) in [6.45, 7) is 2.62. The first-order valence-electron chi connectivity index (χ1n) is 9.91. The summed E-state index contributed by atoms with van der Waals surface area (Å²) < 4.78 is 11.1. The Balaban J connectivity index is 1.86. The van der Waals surface area contributed by atoms with E-state index in [1.807, 2.05) is 37.3 Å². The first-order chi connectivity index (χ1) is 13.0. The van der Waals surface area contributed by atoms with Crippen LogP contribution in [0.3, 0.4) is 0 Å². The number of ether oxygens (including phenoxy) is 2. The van der Waals surface area contributed by atoms with E-state index in [1.54, 1.807) is 7.11 Å². The Hall–Kier alpha value is -2.01. The number of likely N-dealkylation sites (N-methyl/N-ethyl adjacent to an activating group) is 1. The van der Waals surface area contributed by atoms with E-state index in [1.165, 1.54) is 32.1 Å². The monoisotopic (exact) mass is 374 g/mol. The van der Waals surface area contributed by atoms with E-state index in [-0.39, 0.29) is 12.5 Å². The molecule has 0 saturated heterocycles. The molecule has 0 radical (unpaired) electrons. The second-order valence-electron chi connectivity index (χ2n) is 7.43. The molecule has 1 saturated carbocycles. The minimum atomic E-state index is -0.0998. The van der Waals surface area contributed by atoms with Gasteiger partial charge in [0.1, 0.15) is 0 Å². The van der Waals surface area contributed by atoms with Gasteiger partial charge in [-0.3, -0.25) is 4.79 Å². The molecule has 0 aliphatic heterocycles. The maximum absolute atomic E-state index is 12.3. The molecule has 27 heavy (non-hydrogen) atoms. The second-order valence-corrected chi connectivity index (χ2v) is 7.43. The molecule has 0 aromatic heterocycles. The van der Waals surface area contributed by atoms with Crippen LogP contribution in [0, 0.1) is 5.92 Å². The van der Waals surface area contributed by atoms with Crippen molar-refractivity contribution in [3.05, 3.63) is 29.8 Å². The normalized spacial score (nSPS) is 16.5. The number of carbonyl (C=O) groups is 1. The number of nitrogens with one attached hydrogen (secondary N) is 1. The van der Waals surface area contributed by atoms with Crippen molar-refractivity contribution in [1.82, 2.24) is 10.2 Å². The molecule has 1 N–H and O–H groups in total. The third-order valence-electron chi connectivity index (χ3n) is 5.27. The predicted octanol–water partition coefficient (Wildman–Crippen LogP) is 3.73. The molecule has 0 bridgehead atoms. The molecule has 1 atom stereocenters. The molecule has 1 unspecified atom stereocenters. The highest BCUT2D eigenvalue weighted by atomic mass is 16.5. The average molecular weight is 375 g/mol. The van der Waals surface area contributed by atoms with Gasteiger partial charge >= 0.3 is 0 Å². The maximum atomic E-state index is 12.3. The van der Waals surface area contributed by atoms with Gasteiger partial charge in [-0.15, -0.1) is 0 Å². The van der Waals surface area contributed by atoms with Gasteiger partial charge in [0, 0.05) is 12.6 Å². The van der Waals surface area contributed by atoms with Gasteiger partial charge in [0.2, 0.25) is 0 Å². The third kappa shape index (κ3) is 6.58. The Morgan fingerprint density at radius 3 is 2.63 bits per heavy atom. The SMILES string of the molecule is C/C=C/c1ccc(OCC(=O)NCC(C2CCCCC2)N(C)C)c(OC)c1. The van der Waals surface area contributed by atoms with E-state index in [2.05, 4.69) is 24.3 Å². The molecule has 1 aliphatic rings. The molecule has 2 rings (SSSR count). The summed E-state index contributed by atoms with van der Waals surface area (Å²) in [5.74, 6) is 1.77. The molecule has 1 fully saturated rings. The van der Waals surface area contributed by atoms with Crippen LogP contribution < -0.4 is 14.8 Å². The van der Waals surface area contributed by atoms with Crippen LogP contribution in [0.2, 0.25) is 0 Å². The zero-order valence-corrected chi connectivity index (χ0v) is 17.2. The predicted molar refractivity (Wildman–Crippen MR) is 110 cm³/mol. The number of carbonyl (C=O) groups excluding carboxylic acids is 1. The van der Waals surface area contributed by atoms with Crippen molar-refractivity contribution < 1.29 is 14.3 Å². The quantitative estimate of drug-likeness (QED) is 0.715. The van der Waals surface area contributed by atoms with E-state index >= 15 is 0 Å². The lowest BCUT2D eigenvalue weighted by Crippen LogP contribution is -2.46. The lowest BCUT2D eigenvalue weighted by molar-refractivity contribution is -0.123. The number of methoxy groups -OCH3 is 1. The van der Waals surface area contributed by atoms with Crippen LogP contribution in [0.15, 0.2) is 24.3 Å². The number of hydrogen-bond acceptors (Lipinski definition) is 4. The Labute approximate surface area is 163 Å². The smallest absolute Gasteiger partial charge is 0.257 e. The molecule has 1 aliphatic carbocycles. The molecule has 1 amide bonds. The molecular weight excluding hydrogens is 340 g/mol. The van der Waals surface area contributed by atoms with Crippen LogP contribution >= 0.6 is 0 Å². The van der Waals surface area contributed by atoms with Crippen molar-refractivity contribution in [2.24, 2.45) is 5.92 Å². The molecule has 0 heterocycles. The lowest BCUT2D eigenvalue weighted by atomic mass is 9.83. The minimum absolute atomic E-state index is 0.00978. The summed E-state index contributed by atoms with van der Waals surface area (Å²) in [5.41, 5.74) is 1.03. The van der Waals surface area contributed by atoms with Crippen LogP contribution in [0.5, 0.6) is 11.5 Å². The molecule has 1 aromatic carbocycles. The Kier molecular flexibility index (Phi) is 8.65. The third-order valence-corrected chi connectivity index (χ3v) is 5.27. The van der Waals surface area contributed by atoms with Gasteiger partial charge in [0.05, 0.1) is 7.11 Å². The topological polar surface area (TPSA) is 50.8 Å². The summed E-state index contributed by atoms with van der Waals surface area (Å²) in [6, 6.07) is 6.06. The van der Waals surface area contributed by atoms with Crippen LogP contribution in [-0.4, -0.2) is 51.2 Å². The van der Waals surface area contributed by atoms with Gasteiger partial charge in [-0.05, 0) is 57.5 Å². The number of nitrogens with zero attached hydrogens (tertiary/aromatic N) is 1. The largest absolute Gasteiger partial charge is 0.493 e. The fraction of sp³-hybridized carbons (Fsp3) is 0.591. The van der Waals surface area contributed by atoms with E-state index < -0.39 is 0 Å². The number of benzene rings is 1. The van der Waals surface area contributed by atoms with Gasteiger partial charge in [-0.2, -0.15) is 0 Å². The fourth-order valence-corrected chi connectivity index (χ4v) is 3.80. The fourth-order valence-electron chi connectivity index (χ4n) is 3.80. The van der Waals surface area contributed by atoms with Gasteiger partial charge in [0.25, 0.3) is 5.91 Å². The van der Waals surface area contributed by atoms with Gasteiger partial charge in [-0.25, -0.2) is 0 Å². The number of hydrogen-bond donors (Lipinski definition) is 1. The Morgan fingerprint density at radius 1 is 1.26 bits per heavy atom. The van der Waals surface area contributed by atoms with Crippen LogP contribution in [0.4, 0.5) is 0 Å². The second kappa shape index (κ2) is 11.0. The summed E-state index contributed by atoms with van der Waals surface area (Å²) in [5, 5.41) is 3.04. The molecule has 150 valence electrons. The van der Waals surface area contributed by atoms with Gasteiger partial charge in [-0.1, -0.05) is 37.5 Å². The highest BCUT2D eigenvalue weighted by Gasteiger charge is 2.25. The zero-order valence-electron chi connectivity index (χ0n) is 17.2. The number of rotatable bonds is 9. The van der Waals surface area contributed by atoms with Crippen LogP contribution in [0.1, 0.15) is 44.6 Å². The molecule has 0 spiro atoms. The highest BCUT2D eigenvalue weighted by Crippen LogP contribution is 2.29. The van der Waals surface area contributed by atoms with Gasteiger partial charge < -0.3 is 19.7 Å². The maximum Gasteiger partial charge on any atom is 0.257 e. The minimum Gasteiger partial charge on any atom is -0.493 e. The molecule has 5 nitrogen and oxygen atoms in total. The number of allylic oxidation sites excluding steroid dienone is 1. The Bertz CT molecular complexity index is 622. The summed E-state index contributed by atoms with van der Waals surface area (Å²) in [6.07, 6.45) is 10.4. The van der Waals surface area contributed by atoms with Crippen molar-refractivity contribution >= 4 is 12.0 Å². The van der Waals surface area contributed by atoms with E-state index in [4.69, 9.17) is 9.47 Å². The van der Waals surface area contributed by atoms with Gasteiger partial charge in [0.15, 0.2) is 18.1 Å². The zero-order chi connectivity index (χ0) is 19.6. The molecule has 5 heteroatoms. The summed E-state index contributed by atoms with van der Waals surface area (Å²) in [7, 11) is 5.80. The van der Waals surface area contributed by atoms with Crippen molar-refractivity contribution in [2.45, 2.75) is 45.1 Å². The van der Waals surface area contributed by atoms with Crippen molar-refractivity contribution in [3.63, 3.8) is 0 Å². The van der Waals surface area contributed by atoms with E-state index in [0.717, 1.165) is 5.56 Å². The van der Waals surface area contributed by atoms with Crippen molar-refractivity contribution in [3.8, 4) is 11.5 Å². The number of amides is 1. The standard InChI is InChI=1S/C22H34N2O3/c1-5-9-17-12-13-20(21(14-17)26-4)27-16-22(25)23-15-19(24(2)3)18-10-7-6-8-11-18/h5,9,12-14,18-19H,6-8,10-11,15-16H2,1-4H3,(H,23,25)/b9-5+. The van der Waals surface area contributed by atoms with Crippen molar-refractivity contribution in [2.75, 3.05) is 34.4 Å². The van der Waals surface area contributed by atoms with E-state index in [9.17, 15) is 4.79 Å². The van der Waals surface area contributed by atoms with Crippen LogP contribution in [0.25, 0.3) is 6.08 Å². The summed E-state index contributed by atoms with van der Waals surface area (Å²) >= 11 is 0. The first-order valence-corrected chi connectivity index (χ1v) is 9.91. The average Bonchev–Trinajstić information content (AvgIpc) is 2.67. The lowest BCUT2D eigenvalue weighted by Gasteiger charge is -2.34. The summed E-state index contributed by atoms with van der Waals surface area (Å²) in [4.78, 5) is 14.5. The highest BCUT2D eigenvalue weighted by molar-refractivity contribution is 5.77. The Morgan fingerprint density at radius 2 is 2.00 bits per heavy atom. The molecule has 1 aromatic rings.